The Labute approximate surface area is 242 Å². The van der Waals surface area contributed by atoms with Crippen molar-refractivity contribution in [2.75, 3.05) is 32.2 Å². The number of carbonyl (C=O) groups is 4. The Hall–Kier alpha value is -3.80. The fourth-order valence-electron chi connectivity index (χ4n) is 3.78. The van der Waals surface area contributed by atoms with Gasteiger partial charge in [-0.3, -0.25) is 33.4 Å². The summed E-state index contributed by atoms with van der Waals surface area (Å²) in [6, 6.07) is 3.34. The maximum atomic E-state index is 13.2. The minimum atomic E-state index is -1.33. The molecule has 210 valence electrons. The minimum Gasteiger partial charge on any atom is -0.493 e. The number of carbonyl (C=O) groups excluding carboxylic acids is 1. The Morgan fingerprint density at radius 2 is 1.50 bits per heavy atom. The highest BCUT2D eigenvalue weighted by molar-refractivity contribution is 8.30. The van der Waals surface area contributed by atoms with E-state index in [0.29, 0.717) is 27.1 Å². The van der Waals surface area contributed by atoms with Gasteiger partial charge in [-0.2, -0.15) is 0 Å². The van der Waals surface area contributed by atoms with Gasteiger partial charge in [0.2, 0.25) is 0 Å². The van der Waals surface area contributed by atoms with E-state index in [-0.39, 0.29) is 18.4 Å². The van der Waals surface area contributed by atoms with Gasteiger partial charge in [0.1, 0.15) is 33.5 Å². The number of fused-ring (bicyclic) bond motifs is 1. The van der Waals surface area contributed by atoms with Gasteiger partial charge in [-0.15, -0.1) is 11.3 Å². The van der Waals surface area contributed by atoms with Crippen LogP contribution >= 0.6 is 47.1 Å². The van der Waals surface area contributed by atoms with Crippen LogP contribution in [0.2, 0.25) is 0 Å². The predicted molar refractivity (Wildman–Crippen MR) is 151 cm³/mol. The summed E-state index contributed by atoms with van der Waals surface area (Å²) in [6.07, 6.45) is 2.93. The zero-order chi connectivity index (χ0) is 29.3. The molecule has 0 saturated carbocycles. The first-order valence-corrected chi connectivity index (χ1v) is 13.9. The number of carboxylic acids is 3. The van der Waals surface area contributed by atoms with Crippen LogP contribution in [-0.4, -0.2) is 80.2 Å². The van der Waals surface area contributed by atoms with Crippen LogP contribution in [0.25, 0.3) is 11.0 Å². The molecule has 0 aliphatic carbocycles. The van der Waals surface area contributed by atoms with Gasteiger partial charge in [-0.05, 0) is 12.2 Å². The van der Waals surface area contributed by atoms with Gasteiger partial charge >= 0.3 is 17.9 Å². The van der Waals surface area contributed by atoms with Crippen LogP contribution in [0.3, 0.4) is 0 Å². The number of thiazole rings is 1. The maximum absolute atomic E-state index is 13.2. The van der Waals surface area contributed by atoms with Crippen molar-refractivity contribution in [1.82, 2.24) is 9.47 Å². The van der Waals surface area contributed by atoms with Crippen LogP contribution in [0.4, 0.5) is 5.69 Å². The average Bonchev–Trinajstić information content (AvgIpc) is 3.47. The highest BCUT2D eigenvalue weighted by Crippen LogP contribution is 2.50. The van der Waals surface area contributed by atoms with Crippen molar-refractivity contribution in [3.63, 3.8) is 0 Å². The Balaban J connectivity index is 1.85. The molecule has 3 N–H and O–H groups in total. The summed E-state index contributed by atoms with van der Waals surface area (Å²) in [4.78, 5) is 63.4. The van der Waals surface area contributed by atoms with Gasteiger partial charge in [0.05, 0.1) is 29.5 Å². The highest BCUT2D eigenvalue weighted by Gasteiger charge is 2.35. The van der Waals surface area contributed by atoms with Crippen molar-refractivity contribution < 1.29 is 44.0 Å². The molecule has 2 aliphatic heterocycles. The van der Waals surface area contributed by atoms with Gasteiger partial charge < -0.3 is 29.7 Å². The van der Waals surface area contributed by atoms with Crippen LogP contribution in [-0.2, 0) is 25.7 Å². The molecule has 1 saturated heterocycles. The molecule has 17 heteroatoms. The van der Waals surface area contributed by atoms with Crippen LogP contribution in [0.15, 0.2) is 32.9 Å². The Morgan fingerprint density at radius 3 is 2.10 bits per heavy atom. The molecule has 0 unspecified atom stereocenters. The number of nitrogens with zero attached hydrogens (tertiary/aromatic N) is 3. The first-order valence-electron chi connectivity index (χ1n) is 11.0. The number of rotatable bonds is 9. The molecule has 3 heterocycles. The van der Waals surface area contributed by atoms with E-state index < -0.39 is 49.0 Å². The Bertz CT molecular complexity index is 1680. The summed E-state index contributed by atoms with van der Waals surface area (Å²) in [5, 5.41) is 28.4. The topological polar surface area (TPSA) is 176 Å². The third kappa shape index (κ3) is 5.72. The van der Waals surface area contributed by atoms with Crippen molar-refractivity contribution in [1.29, 1.82) is 0 Å². The monoisotopic (exact) mass is 625 g/mol. The van der Waals surface area contributed by atoms with Gasteiger partial charge in [0.15, 0.2) is 11.5 Å². The lowest BCUT2D eigenvalue weighted by Crippen LogP contribution is -2.36. The maximum Gasteiger partial charge on any atom is 0.323 e. The largest absolute Gasteiger partial charge is 0.493 e. The fourth-order valence-corrected chi connectivity index (χ4v) is 7.31. The van der Waals surface area contributed by atoms with E-state index in [9.17, 15) is 34.2 Å². The molecule has 2 aromatic rings. The molecule has 0 bridgehead atoms. The first kappa shape index (κ1) is 29.2. The van der Waals surface area contributed by atoms with Crippen molar-refractivity contribution in [3.05, 3.63) is 42.8 Å². The number of aliphatic carboxylic acids is 3. The molecule has 1 fully saturated rings. The molecule has 0 spiro atoms. The number of anilines is 1. The SMILES string of the molecule is COc1cc2c(cc1OC)N(CC(=O)O)C(=CC=c1sc(=C3SC(=S)N(CC(=O)O)C3=O)n(CC(=O)O)c1=O)S2. The molecular formula is C23H19N3O10S4. The second-order valence-corrected chi connectivity index (χ2v) is 11.7. The molecule has 2 aliphatic rings. The lowest BCUT2D eigenvalue weighted by atomic mass is 10.2. The number of thiocarbonyl (C=S) groups is 1. The number of hydrogen-bond donors (Lipinski definition) is 3. The molecule has 1 aromatic heterocycles. The third-order valence-electron chi connectivity index (χ3n) is 5.45. The molecule has 0 radical (unpaired) electrons. The van der Waals surface area contributed by atoms with E-state index in [2.05, 4.69) is 0 Å². The van der Waals surface area contributed by atoms with Gasteiger partial charge in [-0.1, -0.05) is 35.7 Å². The predicted octanol–water partition coefficient (Wildman–Crippen LogP) is 0.384. The van der Waals surface area contributed by atoms with Crippen LogP contribution in [0, 0.1) is 0 Å². The zero-order valence-electron chi connectivity index (χ0n) is 20.6. The quantitative estimate of drug-likeness (QED) is 0.326. The zero-order valence-corrected chi connectivity index (χ0v) is 23.9. The average molecular weight is 626 g/mol. The van der Waals surface area contributed by atoms with Crippen molar-refractivity contribution in [3.8, 4) is 11.5 Å². The van der Waals surface area contributed by atoms with Crippen LogP contribution < -0.4 is 29.1 Å². The summed E-state index contributed by atoms with van der Waals surface area (Å²) >= 11 is 7.96. The molecule has 1 amide bonds. The van der Waals surface area contributed by atoms with Crippen molar-refractivity contribution >= 4 is 91.9 Å². The number of methoxy groups -OCH3 is 2. The number of benzene rings is 1. The summed E-state index contributed by atoms with van der Waals surface area (Å²) in [7, 11) is 2.92. The van der Waals surface area contributed by atoms with E-state index in [1.165, 1.54) is 43.0 Å². The molecule has 0 atom stereocenters. The Morgan fingerprint density at radius 1 is 0.900 bits per heavy atom. The smallest absolute Gasteiger partial charge is 0.323 e. The van der Waals surface area contributed by atoms with Gasteiger partial charge in [0, 0.05) is 17.0 Å². The number of hydrogen-bond acceptors (Lipinski definition) is 12. The van der Waals surface area contributed by atoms with E-state index in [1.54, 1.807) is 12.1 Å². The van der Waals surface area contributed by atoms with Crippen LogP contribution in [0.1, 0.15) is 0 Å². The standard InChI is InChI=1S/C23H19N3O10S4/c1-35-11-5-10-14(6-12(11)36-2)38-15(24(10)7-16(27)28)4-3-13-20(33)25(8-17(29)30)22(39-13)19-21(34)26(9-18(31)32)23(37)40-19/h3-6H,7-9H2,1-2H3,(H,27,28)(H,29,30)(H,31,32). The lowest BCUT2D eigenvalue weighted by Gasteiger charge is -2.18. The lowest BCUT2D eigenvalue weighted by molar-refractivity contribution is -0.140. The Kier molecular flexibility index (Phi) is 8.57. The molecule has 4 rings (SSSR count). The molecule has 13 nitrogen and oxygen atoms in total. The fraction of sp³-hybridized carbons (Fsp3) is 0.217. The minimum absolute atomic E-state index is 0.0153. The number of aromatic nitrogens is 1. The summed E-state index contributed by atoms with van der Waals surface area (Å²) in [5.74, 6) is -3.63. The van der Waals surface area contributed by atoms with Crippen molar-refractivity contribution in [2.45, 2.75) is 11.4 Å². The van der Waals surface area contributed by atoms with E-state index in [4.69, 9.17) is 26.8 Å². The van der Waals surface area contributed by atoms with E-state index >= 15 is 0 Å². The van der Waals surface area contributed by atoms with E-state index in [1.807, 2.05) is 0 Å². The number of thioether (sulfide) groups is 2. The normalized spacial score (nSPS) is 17.6. The van der Waals surface area contributed by atoms with Crippen molar-refractivity contribution in [2.24, 2.45) is 0 Å². The first-order chi connectivity index (χ1) is 18.9. The number of allylic oxidation sites excluding steroid dienone is 1. The number of ether oxygens (including phenoxy) is 2. The van der Waals surface area contributed by atoms with Gasteiger partial charge in [0.25, 0.3) is 11.5 Å². The summed E-state index contributed by atoms with van der Waals surface area (Å²) in [5.41, 5.74) is -0.146. The van der Waals surface area contributed by atoms with Gasteiger partial charge in [-0.25, -0.2) is 0 Å². The number of amides is 1. The highest BCUT2D eigenvalue weighted by atomic mass is 32.2. The summed E-state index contributed by atoms with van der Waals surface area (Å²) in [6.45, 7) is -1.82. The molecular weight excluding hydrogens is 607 g/mol. The second kappa shape index (κ2) is 11.7. The summed E-state index contributed by atoms with van der Waals surface area (Å²) < 4.78 is 11.6. The second-order valence-electron chi connectivity index (χ2n) is 7.97. The third-order valence-corrected chi connectivity index (χ3v) is 9.27. The molecule has 1 aromatic carbocycles. The molecule has 40 heavy (non-hydrogen) atoms. The van der Waals surface area contributed by atoms with Crippen LogP contribution in [0.5, 0.6) is 11.5 Å². The van der Waals surface area contributed by atoms with E-state index in [0.717, 1.165) is 32.6 Å². The number of carboxylic acid groups (broad SMARTS) is 3.